The van der Waals surface area contributed by atoms with Crippen LogP contribution in [0.4, 0.5) is 5.69 Å². The van der Waals surface area contributed by atoms with E-state index in [1.165, 1.54) is 18.2 Å². The van der Waals surface area contributed by atoms with Crippen molar-refractivity contribution in [3.05, 3.63) is 74.2 Å². The summed E-state index contributed by atoms with van der Waals surface area (Å²) in [7, 11) is 0. The normalized spacial score (nSPS) is 28.4. The Bertz CT molecular complexity index is 1270. The van der Waals surface area contributed by atoms with Gasteiger partial charge in [0.25, 0.3) is 23.4 Å². The van der Waals surface area contributed by atoms with Crippen LogP contribution in [0.5, 0.6) is 0 Å². The van der Waals surface area contributed by atoms with Gasteiger partial charge < -0.3 is 0 Å². The second kappa shape index (κ2) is 9.46. The van der Waals surface area contributed by atoms with Crippen molar-refractivity contribution in [1.82, 2.24) is 10.0 Å². The van der Waals surface area contributed by atoms with Crippen LogP contribution >= 0.6 is 47.8 Å². The molecule has 186 valence electrons. The van der Waals surface area contributed by atoms with Crippen LogP contribution in [0.15, 0.2) is 53.0 Å². The van der Waals surface area contributed by atoms with Gasteiger partial charge in [0.1, 0.15) is 6.54 Å². The van der Waals surface area contributed by atoms with Crippen molar-refractivity contribution in [2.75, 3.05) is 6.54 Å². The number of hydrazine groups is 1. The van der Waals surface area contributed by atoms with Crippen LogP contribution in [0.3, 0.4) is 0 Å². The van der Waals surface area contributed by atoms with E-state index in [0.717, 1.165) is 20.6 Å². The second-order valence-electron chi connectivity index (χ2n) is 9.09. The molecule has 0 aromatic heterocycles. The average Bonchev–Trinajstić information content (AvgIpc) is 3.47. The lowest BCUT2D eigenvalue weighted by atomic mass is 9.81. The predicted octanol–water partition coefficient (Wildman–Crippen LogP) is 4.38. The second-order valence-corrected chi connectivity index (χ2v) is 12.1. The topological polar surface area (TPSA) is 118 Å². The number of rotatable bonds is 6. The fourth-order valence-electron chi connectivity index (χ4n) is 5.57. The fraction of sp³-hybridized carbons (Fsp3) is 0.333. The lowest BCUT2D eigenvalue weighted by Crippen LogP contribution is -2.52. The summed E-state index contributed by atoms with van der Waals surface area (Å²) < 4.78 is 0.755. The van der Waals surface area contributed by atoms with Gasteiger partial charge in [0.2, 0.25) is 0 Å². The van der Waals surface area contributed by atoms with Gasteiger partial charge in [0.05, 0.1) is 16.8 Å². The van der Waals surface area contributed by atoms with Gasteiger partial charge in [0, 0.05) is 37.4 Å². The number of imide groups is 1. The molecule has 0 unspecified atom stereocenters. The number of halogens is 3. The number of non-ortho nitro benzene ring substituents is 1. The SMILES string of the molecule is O=C(CN(C(=O)c1cccc([N+](=O)[O-])c1)N1C(=O)[C@@H]2[C@H]3C[C@@H]([C@@H](Br)[C@H]3Br)[C@H]2C1=O)c1ccc(Br)cc1. The number of hydrogen-bond acceptors (Lipinski definition) is 6. The first-order valence-electron chi connectivity index (χ1n) is 11.1. The zero-order valence-corrected chi connectivity index (χ0v) is 23.2. The molecule has 2 aliphatic carbocycles. The molecule has 0 N–H and O–H groups in total. The summed E-state index contributed by atoms with van der Waals surface area (Å²) in [5.74, 6) is -3.73. The highest BCUT2D eigenvalue weighted by atomic mass is 79.9. The quantitative estimate of drug-likeness (QED) is 0.147. The molecule has 3 fully saturated rings. The van der Waals surface area contributed by atoms with E-state index in [0.29, 0.717) is 6.42 Å². The maximum atomic E-state index is 13.6. The largest absolute Gasteiger partial charge is 0.292 e. The van der Waals surface area contributed by atoms with E-state index in [9.17, 15) is 29.3 Å². The third kappa shape index (κ3) is 4.03. The molecule has 1 heterocycles. The maximum Gasteiger partial charge on any atom is 0.273 e. The Balaban J connectivity index is 1.52. The highest BCUT2D eigenvalue weighted by Crippen LogP contribution is 2.60. The molecule has 2 bridgehead atoms. The van der Waals surface area contributed by atoms with Gasteiger partial charge in [-0.1, -0.05) is 66.0 Å². The number of hydrogen-bond donors (Lipinski definition) is 0. The lowest BCUT2D eigenvalue weighted by molar-refractivity contribution is -0.384. The number of benzene rings is 2. The average molecular weight is 684 g/mol. The van der Waals surface area contributed by atoms with Gasteiger partial charge >= 0.3 is 0 Å². The Morgan fingerprint density at radius 3 is 2.11 bits per heavy atom. The minimum absolute atomic E-state index is 0.00534. The van der Waals surface area contributed by atoms with Crippen molar-refractivity contribution in [1.29, 1.82) is 0 Å². The minimum atomic E-state index is -0.844. The van der Waals surface area contributed by atoms with Crippen molar-refractivity contribution in [3.63, 3.8) is 0 Å². The van der Waals surface area contributed by atoms with E-state index in [1.807, 2.05) is 0 Å². The molecule has 12 heteroatoms. The number of ketones is 1. The summed E-state index contributed by atoms with van der Waals surface area (Å²) >= 11 is 10.6. The minimum Gasteiger partial charge on any atom is -0.292 e. The van der Waals surface area contributed by atoms with Crippen LogP contribution in [0.1, 0.15) is 27.1 Å². The smallest absolute Gasteiger partial charge is 0.273 e. The van der Waals surface area contributed by atoms with Crippen molar-refractivity contribution in [3.8, 4) is 0 Å². The zero-order valence-electron chi connectivity index (χ0n) is 18.4. The molecule has 3 aliphatic rings. The van der Waals surface area contributed by atoms with Crippen molar-refractivity contribution >= 4 is 77.0 Å². The third-order valence-corrected chi connectivity index (χ3v) is 10.9. The van der Waals surface area contributed by atoms with E-state index in [2.05, 4.69) is 47.8 Å². The van der Waals surface area contributed by atoms with Gasteiger partial charge in [-0.15, -0.1) is 0 Å². The van der Waals surface area contributed by atoms with Gasteiger partial charge in [0.15, 0.2) is 5.78 Å². The number of alkyl halides is 2. The zero-order chi connectivity index (χ0) is 25.9. The molecule has 5 rings (SSSR count). The summed E-state index contributed by atoms with van der Waals surface area (Å²) in [4.78, 5) is 64.6. The Hall–Kier alpha value is -2.44. The number of carbonyl (C=O) groups excluding carboxylic acids is 4. The van der Waals surface area contributed by atoms with Crippen LogP contribution in [0.25, 0.3) is 0 Å². The van der Waals surface area contributed by atoms with Crippen molar-refractivity contribution in [2.24, 2.45) is 23.7 Å². The third-order valence-electron chi connectivity index (χ3n) is 7.20. The molecule has 0 spiro atoms. The molecule has 9 nitrogen and oxygen atoms in total. The molecule has 6 atom stereocenters. The van der Waals surface area contributed by atoms with Crippen LogP contribution in [-0.2, 0) is 9.59 Å². The Morgan fingerprint density at radius 2 is 1.56 bits per heavy atom. The Kier molecular flexibility index (Phi) is 6.63. The number of nitro groups is 1. The molecule has 0 radical (unpaired) electrons. The maximum absolute atomic E-state index is 13.6. The van der Waals surface area contributed by atoms with E-state index in [-0.39, 0.29) is 38.3 Å². The lowest BCUT2D eigenvalue weighted by Gasteiger charge is -2.30. The highest BCUT2D eigenvalue weighted by Gasteiger charge is 2.67. The van der Waals surface area contributed by atoms with E-state index >= 15 is 0 Å². The van der Waals surface area contributed by atoms with Crippen LogP contribution in [0.2, 0.25) is 0 Å². The predicted molar refractivity (Wildman–Crippen MR) is 138 cm³/mol. The Morgan fingerprint density at radius 1 is 0.972 bits per heavy atom. The number of fused-ring (bicyclic) bond motifs is 5. The van der Waals surface area contributed by atoms with Crippen LogP contribution in [-0.4, -0.2) is 54.6 Å². The molecule has 1 saturated heterocycles. The number of nitrogens with zero attached hydrogens (tertiary/aromatic N) is 3. The van der Waals surface area contributed by atoms with Crippen LogP contribution in [0, 0.1) is 33.8 Å². The molecule has 1 aliphatic heterocycles. The molecule has 2 aromatic carbocycles. The van der Waals surface area contributed by atoms with E-state index < -0.39 is 46.8 Å². The Labute approximate surface area is 230 Å². The summed E-state index contributed by atoms with van der Waals surface area (Å²) in [6.07, 6.45) is 0.711. The first-order chi connectivity index (χ1) is 17.1. The highest BCUT2D eigenvalue weighted by molar-refractivity contribution is 9.12. The van der Waals surface area contributed by atoms with Gasteiger partial charge in [-0.3, -0.25) is 29.3 Å². The van der Waals surface area contributed by atoms with E-state index in [1.54, 1.807) is 24.3 Å². The first kappa shape index (κ1) is 25.2. The van der Waals surface area contributed by atoms with Gasteiger partial charge in [-0.2, -0.15) is 5.01 Å². The summed E-state index contributed by atoms with van der Waals surface area (Å²) in [6, 6.07) is 11.5. The fourth-order valence-corrected chi connectivity index (χ4v) is 7.71. The van der Waals surface area contributed by atoms with Crippen LogP contribution < -0.4 is 0 Å². The molecular weight excluding hydrogens is 666 g/mol. The monoisotopic (exact) mass is 681 g/mol. The summed E-state index contributed by atoms with van der Waals surface area (Å²) in [5.41, 5.74) is -0.140. The number of amides is 3. The number of Topliss-reactive ketones (excluding diaryl/α,β-unsaturated/α-hetero) is 1. The van der Waals surface area contributed by atoms with Crippen molar-refractivity contribution < 1.29 is 24.1 Å². The molecule has 36 heavy (non-hydrogen) atoms. The number of nitro benzene ring substituents is 1. The molecule has 2 aromatic rings. The standard InChI is InChI=1S/C24H18Br3N3O6/c25-13-6-4-11(5-7-13)17(31)10-28(22(32)12-2-1-3-14(8-12)30(35)36)29-23(33)18-15-9-16(19(18)24(29)34)21(27)20(15)26/h1-8,15-16,18-21H,9-10H2/t15-,16-,18-,19-,20-,21+/m1/s1. The van der Waals surface area contributed by atoms with E-state index in [4.69, 9.17) is 0 Å². The molecule has 2 saturated carbocycles. The van der Waals surface area contributed by atoms with Gasteiger partial charge in [-0.05, 0) is 36.5 Å². The van der Waals surface area contributed by atoms with Gasteiger partial charge in [-0.25, -0.2) is 5.01 Å². The molecule has 3 amide bonds. The summed E-state index contributed by atoms with van der Waals surface area (Å²) in [6.45, 7) is -0.578. The van der Waals surface area contributed by atoms with Crippen molar-refractivity contribution in [2.45, 2.75) is 16.1 Å². The summed E-state index contributed by atoms with van der Waals surface area (Å²) in [5, 5.41) is 12.9. The molecular formula is C24H18Br3N3O6. The number of carbonyl (C=O) groups is 4. The first-order valence-corrected chi connectivity index (χ1v) is 13.7.